The van der Waals surface area contributed by atoms with Gasteiger partial charge in [0.2, 0.25) is 0 Å². The van der Waals surface area contributed by atoms with Crippen LogP contribution in [0.2, 0.25) is 0 Å². The molecule has 1 saturated heterocycles. The summed E-state index contributed by atoms with van der Waals surface area (Å²) in [4.78, 5) is 22.6. The van der Waals surface area contributed by atoms with Crippen molar-refractivity contribution in [2.24, 2.45) is 5.92 Å². The summed E-state index contributed by atoms with van der Waals surface area (Å²) in [6, 6.07) is 10.6. The van der Waals surface area contributed by atoms with Crippen LogP contribution in [-0.2, 0) is 35.5 Å². The summed E-state index contributed by atoms with van der Waals surface area (Å²) in [5.74, 6) is -6.59. The zero-order valence-corrected chi connectivity index (χ0v) is 22.8. The van der Waals surface area contributed by atoms with Gasteiger partial charge in [-0.1, -0.05) is 0 Å². The summed E-state index contributed by atoms with van der Waals surface area (Å²) >= 11 is -4.59. The van der Waals surface area contributed by atoms with Crippen LogP contribution in [0.1, 0.15) is 12.0 Å². The van der Waals surface area contributed by atoms with E-state index < -0.39 is 62.2 Å². The molecule has 0 amide bonds. The molecule has 222 valence electrons. The first-order valence-corrected chi connectivity index (χ1v) is 14.2. The van der Waals surface area contributed by atoms with Gasteiger partial charge in [0.15, 0.2) is 0 Å². The number of ether oxygens (including phenoxy) is 3. The van der Waals surface area contributed by atoms with Gasteiger partial charge in [0.05, 0.1) is 0 Å². The van der Waals surface area contributed by atoms with Gasteiger partial charge in [-0.3, -0.25) is 0 Å². The van der Waals surface area contributed by atoms with Crippen LogP contribution in [-0.4, -0.2) is 58.0 Å². The maximum absolute atomic E-state index is 15.1. The molecule has 1 aliphatic rings. The van der Waals surface area contributed by atoms with Crippen molar-refractivity contribution in [3.05, 3.63) is 63.5 Å². The number of nitrogens with one attached hydrogen (secondary N) is 1. The summed E-state index contributed by atoms with van der Waals surface area (Å²) < 4.78 is 115. The van der Waals surface area contributed by atoms with Gasteiger partial charge in [0.25, 0.3) is 0 Å². The van der Waals surface area contributed by atoms with Crippen LogP contribution in [0.3, 0.4) is 0 Å². The first kappa shape index (κ1) is 31.8. The zero-order valence-electron chi connectivity index (χ0n) is 20.6. The second-order valence-corrected chi connectivity index (χ2v) is 11.7. The van der Waals surface area contributed by atoms with Crippen molar-refractivity contribution in [1.29, 1.82) is 0 Å². The number of halogens is 8. The van der Waals surface area contributed by atoms with Gasteiger partial charge >= 0.3 is 232 Å². The third-order valence-corrected chi connectivity index (χ3v) is 9.00. The molecule has 40 heavy (non-hydrogen) atoms. The van der Waals surface area contributed by atoms with E-state index in [4.69, 9.17) is 14.2 Å². The minimum atomic E-state index is -5.53. The Morgan fingerprint density at radius 3 is 2.15 bits per heavy atom. The van der Waals surface area contributed by atoms with Gasteiger partial charge < -0.3 is 0 Å². The Morgan fingerprint density at radius 2 is 1.60 bits per heavy atom. The Kier molecular flexibility index (Phi) is 10.6. The van der Waals surface area contributed by atoms with E-state index in [0.29, 0.717) is 0 Å². The van der Waals surface area contributed by atoms with Gasteiger partial charge in [-0.2, -0.15) is 0 Å². The number of methoxy groups -OCH3 is 1. The van der Waals surface area contributed by atoms with E-state index in [1.54, 1.807) is 12.1 Å². The van der Waals surface area contributed by atoms with E-state index in [-0.39, 0.29) is 47.9 Å². The average Bonchev–Trinajstić information content (AvgIpc) is 2.89. The van der Waals surface area contributed by atoms with Crippen molar-refractivity contribution in [3.63, 3.8) is 0 Å². The Balaban J connectivity index is 1.94. The molecule has 1 aliphatic heterocycles. The Hall–Kier alpha value is -2.70. The molecule has 3 rings (SSSR count). The van der Waals surface area contributed by atoms with Crippen molar-refractivity contribution in [1.82, 2.24) is 0 Å². The summed E-state index contributed by atoms with van der Waals surface area (Å²) in [7, 11) is 1.43. The predicted octanol–water partition coefficient (Wildman–Crippen LogP) is 5.51. The standard InChI is InChI=1S/C24H23F7INO7/c1-36-14-38-13-15-12-37-11-10-22(15,18-4-2-3-5-19(18)25)33-17-8-6-16(7-9-17)32(39-20(34)23(26,27)28)40-21(35)24(29,30)31/h2-9,15,33H,10-14H2,1H3. The molecule has 0 saturated carbocycles. The van der Waals surface area contributed by atoms with Crippen LogP contribution in [0, 0.1) is 15.3 Å². The first-order valence-electron chi connectivity index (χ1n) is 11.3. The minimum absolute atomic E-state index is 0.0432. The fraction of sp³-hybridized carbons (Fsp3) is 0.417. The molecule has 0 aromatic heterocycles. The number of rotatable bonds is 10. The molecule has 0 radical (unpaired) electrons. The number of anilines is 1. The van der Waals surface area contributed by atoms with E-state index >= 15 is 4.39 Å². The summed E-state index contributed by atoms with van der Waals surface area (Å²) in [5.41, 5.74) is -0.548. The number of carbonyl (C=O) groups is 2. The number of alkyl halides is 6. The van der Waals surface area contributed by atoms with Crippen LogP contribution in [0.25, 0.3) is 0 Å². The molecule has 0 aliphatic carbocycles. The molecule has 2 aromatic rings. The Labute approximate surface area is 231 Å². The third kappa shape index (κ3) is 7.94. The van der Waals surface area contributed by atoms with Crippen LogP contribution >= 0.6 is 20.6 Å². The van der Waals surface area contributed by atoms with Crippen molar-refractivity contribution in [2.45, 2.75) is 24.3 Å². The molecule has 1 heterocycles. The monoisotopic (exact) mass is 697 g/mol. The van der Waals surface area contributed by atoms with Crippen molar-refractivity contribution in [2.75, 3.05) is 39.0 Å². The SMILES string of the molecule is COCOCC1COCCC1(Nc1ccc(I(OC(=O)C(F)(F)F)OC(=O)C(F)(F)F)cc1)c1ccccc1F. The number of hydrogen-bond acceptors (Lipinski definition) is 8. The fourth-order valence-electron chi connectivity index (χ4n) is 3.89. The van der Waals surface area contributed by atoms with Crippen LogP contribution in [0.15, 0.2) is 48.5 Å². The molecular weight excluding hydrogens is 674 g/mol. The Bertz CT molecular complexity index is 1140. The first-order chi connectivity index (χ1) is 18.8. The normalized spacial score (nSPS) is 20.0. The van der Waals surface area contributed by atoms with E-state index in [0.717, 1.165) is 12.1 Å². The molecule has 0 spiro atoms. The maximum atomic E-state index is 15.1. The van der Waals surface area contributed by atoms with E-state index in [1.165, 1.54) is 31.4 Å². The third-order valence-electron chi connectivity index (χ3n) is 5.66. The molecule has 1 fully saturated rings. The van der Waals surface area contributed by atoms with Crippen molar-refractivity contribution in [3.8, 4) is 0 Å². The zero-order chi connectivity index (χ0) is 29.6. The number of hydrogen-bond donors (Lipinski definition) is 1. The van der Waals surface area contributed by atoms with Crippen molar-refractivity contribution < 1.29 is 60.7 Å². The number of benzene rings is 2. The number of carbonyl (C=O) groups excluding carboxylic acids is 2. The fourth-order valence-corrected chi connectivity index (χ4v) is 6.66. The van der Waals surface area contributed by atoms with Crippen LogP contribution in [0.5, 0.6) is 0 Å². The molecule has 8 nitrogen and oxygen atoms in total. The average molecular weight is 697 g/mol. The molecule has 16 heteroatoms. The topological polar surface area (TPSA) is 92.3 Å². The predicted molar refractivity (Wildman–Crippen MR) is 132 cm³/mol. The molecule has 2 atom stereocenters. The van der Waals surface area contributed by atoms with E-state index in [2.05, 4.69) is 11.4 Å². The van der Waals surface area contributed by atoms with Gasteiger partial charge in [-0.15, -0.1) is 0 Å². The molecule has 2 aromatic carbocycles. The second-order valence-electron chi connectivity index (χ2n) is 8.32. The summed E-state index contributed by atoms with van der Waals surface area (Å²) in [5, 5.41) is 3.23. The Morgan fingerprint density at radius 1 is 1.00 bits per heavy atom. The molecular formula is C24H23F7INO7. The van der Waals surface area contributed by atoms with Crippen molar-refractivity contribution >= 4 is 38.3 Å². The molecule has 2 unspecified atom stereocenters. The van der Waals surface area contributed by atoms with E-state index in [9.17, 15) is 35.9 Å². The second kappa shape index (κ2) is 13.3. The van der Waals surface area contributed by atoms with Gasteiger partial charge in [0.1, 0.15) is 0 Å². The van der Waals surface area contributed by atoms with Crippen LogP contribution in [0.4, 0.5) is 36.4 Å². The van der Waals surface area contributed by atoms with Gasteiger partial charge in [0, 0.05) is 0 Å². The molecule has 1 N–H and O–H groups in total. The summed E-state index contributed by atoms with van der Waals surface area (Å²) in [6.45, 7) is 0.443. The van der Waals surface area contributed by atoms with Gasteiger partial charge in [-0.25, -0.2) is 0 Å². The summed E-state index contributed by atoms with van der Waals surface area (Å²) in [6.07, 6.45) is -10.8. The van der Waals surface area contributed by atoms with Gasteiger partial charge in [-0.05, 0) is 0 Å². The van der Waals surface area contributed by atoms with Crippen LogP contribution < -0.4 is 5.32 Å². The van der Waals surface area contributed by atoms with E-state index in [1.807, 2.05) is 0 Å². The molecule has 0 bridgehead atoms. The quantitative estimate of drug-likeness (QED) is 0.151.